The first-order chi connectivity index (χ1) is 15.4. The van der Waals surface area contributed by atoms with Gasteiger partial charge in [0, 0.05) is 66.1 Å². The Bertz CT molecular complexity index is 1090. The lowest BCUT2D eigenvalue weighted by Gasteiger charge is -2.19. The minimum Gasteiger partial charge on any atom is -0.497 e. The number of amides is 1. The van der Waals surface area contributed by atoms with E-state index in [4.69, 9.17) is 9.72 Å². The van der Waals surface area contributed by atoms with E-state index in [1.165, 1.54) is 0 Å². The van der Waals surface area contributed by atoms with Crippen molar-refractivity contribution < 1.29 is 9.53 Å². The van der Waals surface area contributed by atoms with Crippen molar-refractivity contribution in [2.75, 3.05) is 25.5 Å². The molecule has 1 fully saturated rings. The molecule has 1 atom stereocenters. The van der Waals surface area contributed by atoms with Gasteiger partial charge in [0.15, 0.2) is 0 Å². The predicted molar refractivity (Wildman–Crippen MR) is 126 cm³/mol. The maximum absolute atomic E-state index is 12.9. The zero-order valence-corrected chi connectivity index (χ0v) is 19.2. The van der Waals surface area contributed by atoms with Gasteiger partial charge in [0.25, 0.3) is 0 Å². The Kier molecular flexibility index (Phi) is 6.44. The van der Waals surface area contributed by atoms with E-state index in [0.717, 1.165) is 47.3 Å². The summed E-state index contributed by atoms with van der Waals surface area (Å²) >= 11 is 0. The van der Waals surface area contributed by atoms with Gasteiger partial charge in [0.1, 0.15) is 18.1 Å². The van der Waals surface area contributed by atoms with Gasteiger partial charge in [-0.2, -0.15) is 0 Å². The van der Waals surface area contributed by atoms with Crippen LogP contribution in [0.15, 0.2) is 48.8 Å². The number of ether oxygens (including phenoxy) is 1. The first-order valence-corrected chi connectivity index (χ1v) is 11.1. The zero-order chi connectivity index (χ0) is 22.7. The molecular formula is C25H31N5O2. The van der Waals surface area contributed by atoms with Crippen LogP contribution >= 0.6 is 0 Å². The quantitative estimate of drug-likeness (QED) is 0.595. The Labute approximate surface area is 189 Å². The van der Waals surface area contributed by atoms with Crippen molar-refractivity contribution >= 4 is 17.3 Å². The Hall–Kier alpha value is -3.35. The number of carbonyl (C=O) groups is 1. The van der Waals surface area contributed by atoms with Gasteiger partial charge < -0.3 is 19.5 Å². The van der Waals surface area contributed by atoms with Crippen LogP contribution in [0.3, 0.4) is 0 Å². The number of hydrogen-bond donors (Lipinski definition) is 1. The minimum atomic E-state index is 0.134. The zero-order valence-electron chi connectivity index (χ0n) is 19.2. The van der Waals surface area contributed by atoms with Crippen molar-refractivity contribution in [2.45, 2.75) is 45.6 Å². The first-order valence-electron chi connectivity index (χ1n) is 11.1. The Morgan fingerprint density at radius 3 is 2.88 bits per heavy atom. The lowest BCUT2D eigenvalue weighted by molar-refractivity contribution is -0.130. The number of likely N-dealkylation sites (tertiary alicyclic amines) is 1. The number of nitrogens with zero attached hydrogens (tertiary/aromatic N) is 4. The van der Waals surface area contributed by atoms with Gasteiger partial charge >= 0.3 is 0 Å². The molecule has 1 N–H and O–H groups in total. The number of hydrogen-bond acceptors (Lipinski definition) is 5. The second kappa shape index (κ2) is 9.42. The Morgan fingerprint density at radius 2 is 2.09 bits per heavy atom. The molecule has 1 aliphatic rings. The van der Waals surface area contributed by atoms with E-state index in [1.807, 2.05) is 52.9 Å². The summed E-state index contributed by atoms with van der Waals surface area (Å²) in [6, 6.07) is 12.0. The molecule has 0 unspecified atom stereocenters. The Morgan fingerprint density at radius 1 is 1.25 bits per heavy atom. The third-order valence-corrected chi connectivity index (χ3v) is 5.86. The fraction of sp³-hybridized carbons (Fsp3) is 0.400. The summed E-state index contributed by atoms with van der Waals surface area (Å²) in [4.78, 5) is 24.1. The van der Waals surface area contributed by atoms with Gasteiger partial charge in [-0.25, -0.2) is 4.98 Å². The van der Waals surface area contributed by atoms with Crippen molar-refractivity contribution in [1.29, 1.82) is 0 Å². The molecule has 1 saturated heterocycles. The molecule has 3 heterocycles. The van der Waals surface area contributed by atoms with Gasteiger partial charge in [-0.05, 0) is 37.6 Å². The molecule has 0 saturated carbocycles. The van der Waals surface area contributed by atoms with Gasteiger partial charge in [0.05, 0.1) is 7.11 Å². The molecule has 1 aromatic carbocycles. The highest BCUT2D eigenvalue weighted by atomic mass is 16.5. The molecule has 32 heavy (non-hydrogen) atoms. The summed E-state index contributed by atoms with van der Waals surface area (Å²) < 4.78 is 7.28. The molecule has 4 rings (SSSR count). The predicted octanol–water partition coefficient (Wildman–Crippen LogP) is 4.48. The van der Waals surface area contributed by atoms with Crippen molar-refractivity contribution in [3.05, 3.63) is 66.0 Å². The topological polar surface area (TPSA) is 72.3 Å². The van der Waals surface area contributed by atoms with Crippen molar-refractivity contribution in [3.8, 4) is 5.75 Å². The largest absolute Gasteiger partial charge is 0.497 e. The number of aromatic nitrogens is 3. The smallest absolute Gasteiger partial charge is 0.242 e. The molecule has 7 heteroatoms. The number of anilines is 2. The molecule has 0 aliphatic carbocycles. The van der Waals surface area contributed by atoms with Crippen LogP contribution in [0.2, 0.25) is 0 Å². The molecule has 0 bridgehead atoms. The molecule has 0 spiro atoms. The number of aryl methyl sites for hydroxylation is 1. The maximum Gasteiger partial charge on any atom is 0.242 e. The summed E-state index contributed by atoms with van der Waals surface area (Å²) in [7, 11) is 1.66. The van der Waals surface area contributed by atoms with Crippen LogP contribution in [-0.2, 0) is 11.3 Å². The second-order valence-electron chi connectivity index (χ2n) is 8.67. The number of imidazole rings is 1. The molecule has 2 aromatic heterocycles. The average Bonchev–Trinajstić information content (AvgIpc) is 3.43. The van der Waals surface area contributed by atoms with E-state index in [1.54, 1.807) is 13.3 Å². The fourth-order valence-corrected chi connectivity index (χ4v) is 4.27. The lowest BCUT2D eigenvalue weighted by atomic mass is 10.0. The van der Waals surface area contributed by atoms with Crippen molar-refractivity contribution in [3.63, 3.8) is 0 Å². The number of methoxy groups -OCH3 is 1. The highest BCUT2D eigenvalue weighted by Crippen LogP contribution is 2.30. The highest BCUT2D eigenvalue weighted by Gasteiger charge is 2.29. The Balaban J connectivity index is 1.44. The van der Waals surface area contributed by atoms with Crippen LogP contribution in [0, 0.1) is 6.92 Å². The maximum atomic E-state index is 12.9. The van der Waals surface area contributed by atoms with E-state index in [-0.39, 0.29) is 17.7 Å². The van der Waals surface area contributed by atoms with Gasteiger partial charge in [-0.15, -0.1) is 0 Å². The monoisotopic (exact) mass is 433 g/mol. The van der Waals surface area contributed by atoms with E-state index >= 15 is 0 Å². The van der Waals surface area contributed by atoms with Crippen LogP contribution in [0.4, 0.5) is 11.4 Å². The number of carbonyl (C=O) groups excluding carboxylic acids is 1. The SMILES string of the molecule is COc1cccc(Nc2cc(C)nc([C@@H]3CCN(C(=O)Cn4ccnc4C(C)C)C3)c2)c1. The number of pyridine rings is 1. The lowest BCUT2D eigenvalue weighted by Crippen LogP contribution is -2.32. The molecule has 3 aromatic rings. The molecule has 168 valence electrons. The summed E-state index contributed by atoms with van der Waals surface area (Å²) in [5.74, 6) is 2.41. The third kappa shape index (κ3) is 4.93. The normalized spacial score (nSPS) is 15.9. The highest BCUT2D eigenvalue weighted by molar-refractivity contribution is 5.76. The standard InChI is InChI=1S/C25H31N5O2/c1-17(2)25-26-9-11-30(25)16-24(31)29-10-8-19(15-29)23-14-21(12-18(3)27-23)28-20-6-5-7-22(13-20)32-4/h5-7,9,11-14,17,19H,8,10,15-16H2,1-4H3,(H,27,28)/t19-/m1/s1. The van der Waals surface area contributed by atoms with Crippen LogP contribution in [-0.4, -0.2) is 45.5 Å². The van der Waals surface area contributed by atoms with Crippen molar-refractivity contribution in [1.82, 2.24) is 19.4 Å². The van der Waals surface area contributed by atoms with E-state index in [0.29, 0.717) is 13.1 Å². The summed E-state index contributed by atoms with van der Waals surface area (Å²) in [6.45, 7) is 7.98. The van der Waals surface area contributed by atoms with Gasteiger partial charge in [-0.3, -0.25) is 9.78 Å². The molecular weight excluding hydrogens is 402 g/mol. The summed E-state index contributed by atoms with van der Waals surface area (Å²) in [6.07, 6.45) is 4.57. The van der Waals surface area contributed by atoms with Gasteiger partial charge in [-0.1, -0.05) is 19.9 Å². The van der Waals surface area contributed by atoms with Crippen LogP contribution in [0.25, 0.3) is 0 Å². The van der Waals surface area contributed by atoms with Crippen molar-refractivity contribution in [2.24, 2.45) is 0 Å². The average molecular weight is 434 g/mol. The second-order valence-corrected chi connectivity index (χ2v) is 8.67. The first kappa shape index (κ1) is 21.9. The third-order valence-electron chi connectivity index (χ3n) is 5.86. The van der Waals surface area contributed by atoms with Crippen LogP contribution in [0.5, 0.6) is 5.75 Å². The molecule has 1 aliphatic heterocycles. The summed E-state index contributed by atoms with van der Waals surface area (Å²) in [5.41, 5.74) is 3.93. The number of nitrogens with one attached hydrogen (secondary N) is 1. The number of rotatable bonds is 7. The summed E-state index contributed by atoms with van der Waals surface area (Å²) in [5, 5.41) is 3.45. The van der Waals surface area contributed by atoms with E-state index < -0.39 is 0 Å². The minimum absolute atomic E-state index is 0.134. The van der Waals surface area contributed by atoms with Gasteiger partial charge in [0.2, 0.25) is 5.91 Å². The number of benzene rings is 1. The van der Waals surface area contributed by atoms with E-state index in [9.17, 15) is 4.79 Å². The van der Waals surface area contributed by atoms with Crippen LogP contribution in [0.1, 0.15) is 49.3 Å². The van der Waals surface area contributed by atoms with Crippen LogP contribution < -0.4 is 10.1 Å². The molecule has 1 amide bonds. The fourth-order valence-electron chi connectivity index (χ4n) is 4.27. The molecule has 0 radical (unpaired) electrons. The molecule has 7 nitrogen and oxygen atoms in total. The van der Waals surface area contributed by atoms with E-state index in [2.05, 4.69) is 30.2 Å².